The Labute approximate surface area is 140 Å². The molecule has 0 atom stereocenters. The maximum atomic E-state index is 12.6. The lowest BCUT2D eigenvalue weighted by molar-refractivity contribution is 0.0410. The van der Waals surface area contributed by atoms with Crippen LogP contribution in [0.3, 0.4) is 0 Å². The van der Waals surface area contributed by atoms with Crippen molar-refractivity contribution in [3.63, 3.8) is 0 Å². The Kier molecular flexibility index (Phi) is 6.83. The molecule has 1 aromatic carbocycles. The van der Waals surface area contributed by atoms with Crippen molar-refractivity contribution in [2.45, 2.75) is 17.7 Å². The SMILES string of the molecule is COCCOCC1CCN(S(=O)(=O)c2ccc(Br)cc2)CC1. The molecule has 2 rings (SSSR count). The highest BCUT2D eigenvalue weighted by Gasteiger charge is 2.29. The number of rotatable bonds is 7. The summed E-state index contributed by atoms with van der Waals surface area (Å²) in [6.07, 6.45) is 1.67. The maximum absolute atomic E-state index is 12.6. The van der Waals surface area contributed by atoms with Gasteiger partial charge in [0.1, 0.15) is 0 Å². The van der Waals surface area contributed by atoms with Crippen LogP contribution in [0.1, 0.15) is 12.8 Å². The van der Waals surface area contributed by atoms with E-state index in [-0.39, 0.29) is 0 Å². The molecule has 0 unspecified atom stereocenters. The van der Waals surface area contributed by atoms with Gasteiger partial charge in [0.25, 0.3) is 0 Å². The van der Waals surface area contributed by atoms with Crippen molar-refractivity contribution in [2.75, 3.05) is 40.0 Å². The van der Waals surface area contributed by atoms with Gasteiger partial charge in [-0.05, 0) is 43.0 Å². The van der Waals surface area contributed by atoms with Crippen LogP contribution in [0.2, 0.25) is 0 Å². The van der Waals surface area contributed by atoms with E-state index >= 15 is 0 Å². The van der Waals surface area contributed by atoms with Crippen LogP contribution in [0.15, 0.2) is 33.6 Å². The Bertz CT molecular complexity index is 553. The summed E-state index contributed by atoms with van der Waals surface area (Å²) in [5.41, 5.74) is 0. The second-order valence-electron chi connectivity index (χ2n) is 5.37. The Hall–Kier alpha value is -0.470. The van der Waals surface area contributed by atoms with Crippen molar-refractivity contribution in [1.29, 1.82) is 0 Å². The van der Waals surface area contributed by atoms with Crippen molar-refractivity contribution in [1.82, 2.24) is 4.31 Å². The van der Waals surface area contributed by atoms with Crippen molar-refractivity contribution in [2.24, 2.45) is 5.92 Å². The van der Waals surface area contributed by atoms with Crippen molar-refractivity contribution < 1.29 is 17.9 Å². The molecule has 0 amide bonds. The van der Waals surface area contributed by atoms with Crippen LogP contribution in [-0.4, -0.2) is 52.7 Å². The van der Waals surface area contributed by atoms with Crippen LogP contribution in [0, 0.1) is 5.92 Å². The van der Waals surface area contributed by atoms with Gasteiger partial charge in [0.05, 0.1) is 18.1 Å². The Morgan fingerprint density at radius 1 is 1.18 bits per heavy atom. The topological polar surface area (TPSA) is 55.8 Å². The molecular formula is C15H22BrNO4S. The molecule has 0 aliphatic carbocycles. The van der Waals surface area contributed by atoms with Gasteiger partial charge < -0.3 is 9.47 Å². The van der Waals surface area contributed by atoms with E-state index in [1.54, 1.807) is 35.7 Å². The van der Waals surface area contributed by atoms with Gasteiger partial charge in [0, 0.05) is 31.3 Å². The molecule has 0 N–H and O–H groups in total. The van der Waals surface area contributed by atoms with Crippen LogP contribution in [0.5, 0.6) is 0 Å². The van der Waals surface area contributed by atoms with E-state index in [1.807, 2.05) is 0 Å². The lowest BCUT2D eigenvalue weighted by Gasteiger charge is -2.31. The van der Waals surface area contributed by atoms with Gasteiger partial charge in [-0.25, -0.2) is 8.42 Å². The molecule has 1 saturated heterocycles. The van der Waals surface area contributed by atoms with Crippen molar-refractivity contribution in [3.05, 3.63) is 28.7 Å². The number of ether oxygens (including phenoxy) is 2. The normalized spacial score (nSPS) is 17.7. The van der Waals surface area contributed by atoms with E-state index in [2.05, 4.69) is 15.9 Å². The predicted molar refractivity (Wildman–Crippen MR) is 88.3 cm³/mol. The number of halogens is 1. The molecule has 1 aliphatic rings. The molecule has 1 aromatic rings. The van der Waals surface area contributed by atoms with Crippen LogP contribution < -0.4 is 0 Å². The molecule has 1 aliphatic heterocycles. The molecule has 0 bridgehead atoms. The van der Waals surface area contributed by atoms with Gasteiger partial charge in [-0.2, -0.15) is 4.31 Å². The van der Waals surface area contributed by atoms with E-state index in [0.717, 1.165) is 17.3 Å². The first-order valence-corrected chi connectivity index (χ1v) is 9.59. The zero-order valence-electron chi connectivity index (χ0n) is 12.7. The fourth-order valence-corrected chi connectivity index (χ4v) is 4.20. The second kappa shape index (κ2) is 8.40. The van der Waals surface area contributed by atoms with E-state index in [1.165, 1.54) is 0 Å². The third-order valence-corrected chi connectivity index (χ3v) is 6.25. The molecular weight excluding hydrogens is 370 g/mol. The second-order valence-corrected chi connectivity index (χ2v) is 8.22. The van der Waals surface area contributed by atoms with E-state index < -0.39 is 10.0 Å². The maximum Gasteiger partial charge on any atom is 0.243 e. The first-order chi connectivity index (χ1) is 10.5. The molecule has 0 spiro atoms. The highest BCUT2D eigenvalue weighted by molar-refractivity contribution is 9.10. The van der Waals surface area contributed by atoms with E-state index in [4.69, 9.17) is 9.47 Å². The van der Waals surface area contributed by atoms with E-state index in [0.29, 0.717) is 43.7 Å². The molecule has 0 aromatic heterocycles. The molecule has 7 heteroatoms. The number of piperidine rings is 1. The minimum Gasteiger partial charge on any atom is -0.382 e. The molecule has 1 fully saturated rings. The van der Waals surface area contributed by atoms with Crippen LogP contribution in [0.25, 0.3) is 0 Å². The average Bonchev–Trinajstić information content (AvgIpc) is 2.52. The Balaban J connectivity index is 1.86. The zero-order chi connectivity index (χ0) is 16.0. The highest BCUT2D eigenvalue weighted by Crippen LogP contribution is 2.24. The Morgan fingerprint density at radius 3 is 2.41 bits per heavy atom. The van der Waals surface area contributed by atoms with E-state index in [9.17, 15) is 8.42 Å². The van der Waals surface area contributed by atoms with Crippen LogP contribution >= 0.6 is 15.9 Å². The number of hydrogen-bond donors (Lipinski definition) is 0. The smallest absolute Gasteiger partial charge is 0.243 e. The fourth-order valence-electron chi connectivity index (χ4n) is 2.46. The Morgan fingerprint density at radius 2 is 1.82 bits per heavy atom. The van der Waals surface area contributed by atoms with Gasteiger partial charge in [0.15, 0.2) is 0 Å². The van der Waals surface area contributed by atoms with Gasteiger partial charge in [-0.3, -0.25) is 0 Å². The monoisotopic (exact) mass is 391 g/mol. The third kappa shape index (κ3) is 4.76. The molecule has 124 valence electrons. The van der Waals surface area contributed by atoms with Gasteiger partial charge in [0.2, 0.25) is 10.0 Å². The molecule has 1 heterocycles. The predicted octanol–water partition coefficient (Wildman–Crippen LogP) is 2.51. The average molecular weight is 392 g/mol. The summed E-state index contributed by atoms with van der Waals surface area (Å²) in [4.78, 5) is 0.352. The standard InChI is InChI=1S/C15H22BrNO4S/c1-20-10-11-21-12-13-6-8-17(9-7-13)22(18,19)15-4-2-14(16)3-5-15/h2-5,13H,6-12H2,1H3. The summed E-state index contributed by atoms with van der Waals surface area (Å²) >= 11 is 3.32. The lowest BCUT2D eigenvalue weighted by Crippen LogP contribution is -2.39. The summed E-state index contributed by atoms with van der Waals surface area (Å²) < 4.78 is 38.0. The zero-order valence-corrected chi connectivity index (χ0v) is 15.1. The number of hydrogen-bond acceptors (Lipinski definition) is 4. The number of sulfonamides is 1. The highest BCUT2D eigenvalue weighted by atomic mass is 79.9. The lowest BCUT2D eigenvalue weighted by atomic mass is 9.99. The van der Waals surface area contributed by atoms with Gasteiger partial charge in [-0.15, -0.1) is 0 Å². The summed E-state index contributed by atoms with van der Waals surface area (Å²) in [5.74, 6) is 0.424. The summed E-state index contributed by atoms with van der Waals surface area (Å²) in [6.45, 7) is 2.97. The molecule has 5 nitrogen and oxygen atoms in total. The minimum absolute atomic E-state index is 0.352. The van der Waals surface area contributed by atoms with Crippen molar-refractivity contribution >= 4 is 26.0 Å². The first-order valence-electron chi connectivity index (χ1n) is 7.36. The summed E-state index contributed by atoms with van der Waals surface area (Å²) in [7, 11) is -1.73. The number of benzene rings is 1. The minimum atomic E-state index is -3.38. The third-order valence-electron chi connectivity index (χ3n) is 3.81. The molecule has 22 heavy (non-hydrogen) atoms. The first kappa shape index (κ1) is 17.9. The number of methoxy groups -OCH3 is 1. The molecule has 0 radical (unpaired) electrons. The van der Waals surface area contributed by atoms with Crippen molar-refractivity contribution in [3.8, 4) is 0 Å². The number of nitrogens with zero attached hydrogens (tertiary/aromatic N) is 1. The fraction of sp³-hybridized carbons (Fsp3) is 0.600. The van der Waals surface area contributed by atoms with Crippen LogP contribution in [0.4, 0.5) is 0 Å². The van der Waals surface area contributed by atoms with Crippen LogP contribution in [-0.2, 0) is 19.5 Å². The quantitative estimate of drug-likeness (QED) is 0.670. The molecule has 0 saturated carbocycles. The largest absolute Gasteiger partial charge is 0.382 e. The summed E-state index contributed by atoms with van der Waals surface area (Å²) in [6, 6.07) is 6.78. The summed E-state index contributed by atoms with van der Waals surface area (Å²) in [5, 5.41) is 0. The van der Waals surface area contributed by atoms with Gasteiger partial charge >= 0.3 is 0 Å². The van der Waals surface area contributed by atoms with Gasteiger partial charge in [-0.1, -0.05) is 15.9 Å².